The molecule has 1 aromatic heterocycles. The largest absolute Gasteiger partial charge is 0.460 e. The van der Waals surface area contributed by atoms with Crippen LogP contribution >= 0.6 is 31.9 Å². The first kappa shape index (κ1) is 15.8. The number of furan rings is 1. The number of rotatable bonds is 6. The van der Waals surface area contributed by atoms with Crippen molar-refractivity contribution in [2.45, 2.75) is 26.8 Å². The van der Waals surface area contributed by atoms with E-state index >= 15 is 0 Å². The molecule has 108 valence electrons. The quantitative estimate of drug-likeness (QED) is 0.637. The van der Waals surface area contributed by atoms with Gasteiger partial charge in [-0.2, -0.15) is 0 Å². The molecular weight excluding hydrogens is 382 g/mol. The van der Waals surface area contributed by atoms with Gasteiger partial charge in [-0.25, -0.2) is 0 Å². The lowest BCUT2D eigenvalue weighted by atomic mass is 10.1. The monoisotopic (exact) mass is 399 g/mol. The van der Waals surface area contributed by atoms with E-state index in [0.29, 0.717) is 0 Å². The molecule has 0 aliphatic heterocycles. The van der Waals surface area contributed by atoms with E-state index in [4.69, 9.17) is 4.42 Å². The maximum atomic E-state index is 5.89. The van der Waals surface area contributed by atoms with Crippen molar-refractivity contribution in [1.82, 2.24) is 5.32 Å². The zero-order valence-corrected chi connectivity index (χ0v) is 14.9. The molecule has 0 atom stereocenters. The van der Waals surface area contributed by atoms with E-state index < -0.39 is 0 Å². The molecule has 2 rings (SSSR count). The Morgan fingerprint density at radius 3 is 2.65 bits per heavy atom. The average molecular weight is 401 g/mol. The van der Waals surface area contributed by atoms with Crippen molar-refractivity contribution < 1.29 is 4.42 Å². The van der Waals surface area contributed by atoms with Crippen LogP contribution in [0, 0.1) is 5.92 Å². The average Bonchev–Trinajstić information content (AvgIpc) is 2.83. The van der Waals surface area contributed by atoms with E-state index in [0.717, 1.165) is 45.0 Å². The summed E-state index contributed by atoms with van der Waals surface area (Å²) >= 11 is 7.02. The van der Waals surface area contributed by atoms with Crippen LogP contribution in [-0.2, 0) is 6.54 Å². The Labute approximate surface area is 137 Å². The molecule has 0 radical (unpaired) electrons. The van der Waals surface area contributed by atoms with Crippen LogP contribution in [0.1, 0.15) is 26.0 Å². The molecule has 1 aromatic carbocycles. The molecule has 0 spiro atoms. The molecule has 0 aliphatic carbocycles. The van der Waals surface area contributed by atoms with Crippen LogP contribution in [0.4, 0.5) is 0 Å². The summed E-state index contributed by atoms with van der Waals surface area (Å²) in [6.45, 7) is 6.27. The van der Waals surface area contributed by atoms with Gasteiger partial charge in [0.05, 0.1) is 6.54 Å². The smallest absolute Gasteiger partial charge is 0.135 e. The highest BCUT2D eigenvalue weighted by atomic mass is 79.9. The van der Waals surface area contributed by atoms with Gasteiger partial charge < -0.3 is 9.73 Å². The van der Waals surface area contributed by atoms with Gasteiger partial charge in [-0.05, 0) is 65.1 Å². The molecule has 20 heavy (non-hydrogen) atoms. The molecule has 0 aliphatic rings. The molecule has 0 unspecified atom stereocenters. The molecule has 2 aromatic rings. The highest BCUT2D eigenvalue weighted by Crippen LogP contribution is 2.31. The third-order valence-electron chi connectivity index (χ3n) is 3.06. The maximum Gasteiger partial charge on any atom is 0.135 e. The fourth-order valence-electron chi connectivity index (χ4n) is 1.91. The molecule has 1 heterocycles. The van der Waals surface area contributed by atoms with Crippen molar-refractivity contribution in [2.75, 3.05) is 6.54 Å². The Bertz CT molecular complexity index is 563. The summed E-state index contributed by atoms with van der Waals surface area (Å²) in [7, 11) is 0. The highest BCUT2D eigenvalue weighted by molar-refractivity contribution is 9.11. The molecule has 0 saturated carbocycles. The van der Waals surface area contributed by atoms with Crippen molar-refractivity contribution in [1.29, 1.82) is 0 Å². The van der Waals surface area contributed by atoms with Crippen LogP contribution in [-0.4, -0.2) is 6.54 Å². The summed E-state index contributed by atoms with van der Waals surface area (Å²) in [5.41, 5.74) is 1.07. The summed E-state index contributed by atoms with van der Waals surface area (Å²) in [5.74, 6) is 2.59. The fraction of sp³-hybridized carbons (Fsp3) is 0.375. The third-order valence-corrected chi connectivity index (χ3v) is 4.21. The molecular formula is C16H19Br2NO. The molecule has 1 N–H and O–H groups in total. The standard InChI is InChI=1S/C16H19Br2NO/c1-11(2)7-8-19-10-13-4-6-16(20-13)14-5-3-12(17)9-15(14)18/h3-6,9,11,19H,7-8,10H2,1-2H3. The van der Waals surface area contributed by atoms with E-state index in [1.165, 1.54) is 6.42 Å². The molecule has 4 heteroatoms. The Morgan fingerprint density at radius 2 is 1.95 bits per heavy atom. The topological polar surface area (TPSA) is 25.2 Å². The van der Waals surface area contributed by atoms with Crippen molar-refractivity contribution in [3.05, 3.63) is 45.0 Å². The Balaban J connectivity index is 1.98. The first-order chi connectivity index (χ1) is 9.56. The minimum Gasteiger partial charge on any atom is -0.460 e. The zero-order chi connectivity index (χ0) is 14.5. The van der Waals surface area contributed by atoms with Gasteiger partial charge in [0.1, 0.15) is 11.5 Å². The van der Waals surface area contributed by atoms with Gasteiger partial charge in [0.15, 0.2) is 0 Å². The van der Waals surface area contributed by atoms with E-state index in [9.17, 15) is 0 Å². The normalized spacial score (nSPS) is 11.2. The Kier molecular flexibility index (Phi) is 5.87. The number of nitrogens with one attached hydrogen (secondary N) is 1. The van der Waals surface area contributed by atoms with E-state index in [1.807, 2.05) is 30.3 Å². The van der Waals surface area contributed by atoms with Gasteiger partial charge in [0, 0.05) is 14.5 Å². The minimum absolute atomic E-state index is 0.730. The summed E-state index contributed by atoms with van der Waals surface area (Å²) in [4.78, 5) is 0. The summed E-state index contributed by atoms with van der Waals surface area (Å²) in [6, 6.07) is 10.1. The van der Waals surface area contributed by atoms with Crippen LogP contribution in [0.5, 0.6) is 0 Å². The predicted octanol–water partition coefficient (Wildman–Crippen LogP) is 5.61. The maximum absolute atomic E-state index is 5.89. The predicted molar refractivity (Wildman–Crippen MR) is 90.7 cm³/mol. The number of halogens is 2. The van der Waals surface area contributed by atoms with Crippen molar-refractivity contribution >= 4 is 31.9 Å². The van der Waals surface area contributed by atoms with Crippen LogP contribution in [0.25, 0.3) is 11.3 Å². The highest BCUT2D eigenvalue weighted by Gasteiger charge is 2.08. The minimum atomic E-state index is 0.730. The lowest BCUT2D eigenvalue weighted by molar-refractivity contribution is 0.474. The number of benzene rings is 1. The molecule has 0 amide bonds. The lowest BCUT2D eigenvalue weighted by Gasteiger charge is -2.05. The van der Waals surface area contributed by atoms with Gasteiger partial charge in [-0.15, -0.1) is 0 Å². The van der Waals surface area contributed by atoms with Crippen LogP contribution in [0.3, 0.4) is 0 Å². The second-order valence-corrected chi connectivity index (χ2v) is 7.02. The van der Waals surface area contributed by atoms with Crippen LogP contribution in [0.2, 0.25) is 0 Å². The van der Waals surface area contributed by atoms with Gasteiger partial charge in [0.2, 0.25) is 0 Å². The van der Waals surface area contributed by atoms with Crippen molar-refractivity contribution in [2.24, 2.45) is 5.92 Å². The van der Waals surface area contributed by atoms with E-state index in [1.54, 1.807) is 0 Å². The molecule has 0 saturated heterocycles. The first-order valence-corrected chi connectivity index (χ1v) is 8.39. The second kappa shape index (κ2) is 7.43. The molecule has 0 fully saturated rings. The number of hydrogen-bond acceptors (Lipinski definition) is 2. The second-order valence-electron chi connectivity index (χ2n) is 5.25. The third kappa shape index (κ3) is 4.47. The Morgan fingerprint density at radius 1 is 1.15 bits per heavy atom. The number of hydrogen-bond donors (Lipinski definition) is 1. The summed E-state index contributed by atoms with van der Waals surface area (Å²) < 4.78 is 7.97. The van der Waals surface area contributed by atoms with Crippen LogP contribution < -0.4 is 5.32 Å². The van der Waals surface area contributed by atoms with Gasteiger partial charge >= 0.3 is 0 Å². The Hall–Kier alpha value is -0.580. The van der Waals surface area contributed by atoms with Gasteiger partial charge in [-0.1, -0.05) is 29.8 Å². The summed E-state index contributed by atoms with van der Waals surface area (Å²) in [5, 5.41) is 3.41. The zero-order valence-electron chi connectivity index (χ0n) is 11.7. The van der Waals surface area contributed by atoms with Crippen LogP contribution in [0.15, 0.2) is 43.7 Å². The van der Waals surface area contributed by atoms with E-state index in [2.05, 4.69) is 51.0 Å². The molecule has 2 nitrogen and oxygen atoms in total. The molecule has 0 bridgehead atoms. The lowest BCUT2D eigenvalue weighted by Crippen LogP contribution is -2.15. The SMILES string of the molecule is CC(C)CCNCc1ccc(-c2ccc(Br)cc2Br)o1. The van der Waals surface area contributed by atoms with Gasteiger partial charge in [-0.3, -0.25) is 0 Å². The van der Waals surface area contributed by atoms with Crippen molar-refractivity contribution in [3.8, 4) is 11.3 Å². The first-order valence-electron chi connectivity index (χ1n) is 6.81. The van der Waals surface area contributed by atoms with E-state index in [-0.39, 0.29) is 0 Å². The fourth-order valence-corrected chi connectivity index (χ4v) is 3.15. The van der Waals surface area contributed by atoms with Crippen molar-refractivity contribution in [3.63, 3.8) is 0 Å². The van der Waals surface area contributed by atoms with Gasteiger partial charge in [0.25, 0.3) is 0 Å². The summed E-state index contributed by atoms with van der Waals surface area (Å²) in [6.07, 6.45) is 1.19.